The summed E-state index contributed by atoms with van der Waals surface area (Å²) in [6.07, 6.45) is 1.79. The third-order valence-electron chi connectivity index (χ3n) is 3.58. The predicted octanol–water partition coefficient (Wildman–Crippen LogP) is 3.13. The number of ether oxygens (including phenoxy) is 1. The van der Waals surface area contributed by atoms with E-state index < -0.39 is 0 Å². The van der Waals surface area contributed by atoms with E-state index >= 15 is 0 Å². The van der Waals surface area contributed by atoms with Crippen molar-refractivity contribution in [1.82, 2.24) is 19.3 Å². The van der Waals surface area contributed by atoms with Crippen molar-refractivity contribution in [2.24, 2.45) is 7.05 Å². The van der Waals surface area contributed by atoms with E-state index in [0.717, 1.165) is 28.3 Å². The van der Waals surface area contributed by atoms with Gasteiger partial charge in [-0.1, -0.05) is 0 Å². The lowest BCUT2D eigenvalue weighted by molar-refractivity contribution is 0.415. The van der Waals surface area contributed by atoms with Crippen LogP contribution in [0.2, 0.25) is 0 Å². The van der Waals surface area contributed by atoms with Crippen molar-refractivity contribution in [3.05, 3.63) is 42.0 Å². The van der Waals surface area contributed by atoms with E-state index in [9.17, 15) is 0 Å². The zero-order valence-corrected chi connectivity index (χ0v) is 13.0. The molecule has 0 aliphatic heterocycles. The topological polar surface area (TPSA) is 44.9 Å². The maximum atomic E-state index is 6.30. The minimum Gasteiger partial charge on any atom is -0.497 e. The lowest BCUT2D eigenvalue weighted by Gasteiger charge is -2.11. The third-order valence-corrected chi connectivity index (χ3v) is 3.78. The Kier molecular flexibility index (Phi) is 3.59. The average Bonchev–Trinajstić information content (AvgIpc) is 3.03. The minimum atomic E-state index is -0.170. The molecule has 2 aromatic heterocycles. The van der Waals surface area contributed by atoms with Crippen LogP contribution in [0.25, 0.3) is 11.0 Å². The van der Waals surface area contributed by atoms with E-state index in [4.69, 9.17) is 16.3 Å². The molecule has 1 aromatic carbocycles. The number of nitrogens with zero attached hydrogens (tertiary/aromatic N) is 4. The molecule has 3 aromatic rings. The van der Waals surface area contributed by atoms with E-state index in [1.807, 2.05) is 42.9 Å². The molecule has 5 nitrogen and oxygen atoms in total. The van der Waals surface area contributed by atoms with Gasteiger partial charge in [-0.15, -0.1) is 11.6 Å². The Balaban J connectivity index is 2.17. The van der Waals surface area contributed by atoms with Crippen LogP contribution < -0.4 is 4.74 Å². The van der Waals surface area contributed by atoms with Crippen LogP contribution in [0.4, 0.5) is 0 Å². The summed E-state index contributed by atoms with van der Waals surface area (Å²) in [5.74, 6) is 1.66. The molecule has 0 saturated heterocycles. The number of aromatic nitrogens is 4. The molecule has 21 heavy (non-hydrogen) atoms. The fourth-order valence-corrected chi connectivity index (χ4v) is 2.60. The quantitative estimate of drug-likeness (QED) is 0.696. The van der Waals surface area contributed by atoms with Crippen LogP contribution in [0.1, 0.15) is 23.8 Å². The summed E-state index contributed by atoms with van der Waals surface area (Å²) in [5, 5.41) is 4.04. The van der Waals surface area contributed by atoms with Crippen LogP contribution in [0.5, 0.6) is 5.75 Å². The molecule has 1 atom stereocenters. The second-order valence-electron chi connectivity index (χ2n) is 4.97. The molecule has 1 unspecified atom stereocenters. The van der Waals surface area contributed by atoms with Crippen LogP contribution in [-0.4, -0.2) is 26.4 Å². The van der Waals surface area contributed by atoms with Gasteiger partial charge >= 0.3 is 0 Å². The van der Waals surface area contributed by atoms with Crippen molar-refractivity contribution in [3.8, 4) is 5.75 Å². The maximum absolute atomic E-state index is 6.30. The number of rotatable bonds is 4. The summed E-state index contributed by atoms with van der Waals surface area (Å²) in [4.78, 5) is 4.64. The van der Waals surface area contributed by atoms with Crippen molar-refractivity contribution >= 4 is 22.6 Å². The molecule has 6 heteroatoms. The summed E-state index contributed by atoms with van der Waals surface area (Å²) in [6.45, 7) is 2.60. The zero-order chi connectivity index (χ0) is 15.0. The molecule has 0 aliphatic rings. The normalized spacial score (nSPS) is 12.8. The second kappa shape index (κ2) is 5.41. The Morgan fingerprint density at radius 2 is 2.14 bits per heavy atom. The van der Waals surface area contributed by atoms with Crippen molar-refractivity contribution in [1.29, 1.82) is 0 Å². The molecule has 0 bridgehead atoms. The van der Waals surface area contributed by atoms with Crippen LogP contribution >= 0.6 is 11.6 Å². The first-order chi connectivity index (χ1) is 10.1. The van der Waals surface area contributed by atoms with Crippen LogP contribution in [0.3, 0.4) is 0 Å². The number of imidazole rings is 1. The van der Waals surface area contributed by atoms with Gasteiger partial charge in [0.05, 0.1) is 35.8 Å². The molecule has 0 amide bonds. The largest absolute Gasteiger partial charge is 0.497 e. The summed E-state index contributed by atoms with van der Waals surface area (Å²) < 4.78 is 9.29. The number of methoxy groups -OCH3 is 1. The third kappa shape index (κ3) is 2.49. The van der Waals surface area contributed by atoms with Crippen molar-refractivity contribution in [2.75, 3.05) is 7.11 Å². The Hall–Kier alpha value is -2.01. The maximum Gasteiger partial charge on any atom is 0.128 e. The highest BCUT2D eigenvalue weighted by Crippen LogP contribution is 2.28. The molecule has 0 saturated carbocycles. The van der Waals surface area contributed by atoms with E-state index in [1.54, 1.807) is 13.3 Å². The predicted molar refractivity (Wildman–Crippen MR) is 82.9 cm³/mol. The monoisotopic (exact) mass is 304 g/mol. The number of halogens is 1. The smallest absolute Gasteiger partial charge is 0.128 e. The van der Waals surface area contributed by atoms with E-state index in [1.165, 1.54) is 0 Å². The van der Waals surface area contributed by atoms with Crippen molar-refractivity contribution < 1.29 is 4.74 Å². The number of alkyl halides is 1. The van der Waals surface area contributed by atoms with E-state index in [2.05, 4.69) is 14.6 Å². The molecule has 0 fully saturated rings. The van der Waals surface area contributed by atoms with Gasteiger partial charge in [0, 0.05) is 19.3 Å². The average molecular weight is 305 g/mol. The Morgan fingerprint density at radius 3 is 2.76 bits per heavy atom. The first-order valence-corrected chi connectivity index (χ1v) is 7.19. The summed E-state index contributed by atoms with van der Waals surface area (Å²) in [6, 6.07) is 7.85. The number of hydrogen-bond donors (Lipinski definition) is 0. The van der Waals surface area contributed by atoms with Gasteiger partial charge in [-0.3, -0.25) is 4.68 Å². The first kappa shape index (κ1) is 13.9. The molecule has 0 N–H and O–H groups in total. The molecule has 2 heterocycles. The molecule has 0 spiro atoms. The molecule has 0 radical (unpaired) electrons. The van der Waals surface area contributed by atoms with E-state index in [0.29, 0.717) is 6.54 Å². The minimum absolute atomic E-state index is 0.170. The highest BCUT2D eigenvalue weighted by molar-refractivity contribution is 6.20. The van der Waals surface area contributed by atoms with E-state index in [-0.39, 0.29) is 5.38 Å². The molecular weight excluding hydrogens is 288 g/mol. The lowest BCUT2D eigenvalue weighted by Crippen LogP contribution is -2.09. The fraction of sp³-hybridized carbons (Fsp3) is 0.333. The van der Waals surface area contributed by atoms with Gasteiger partial charge in [-0.2, -0.15) is 5.10 Å². The van der Waals surface area contributed by atoms with Gasteiger partial charge in [-0.05, 0) is 25.1 Å². The number of benzene rings is 1. The number of fused-ring (bicyclic) bond motifs is 1. The van der Waals surface area contributed by atoms with Gasteiger partial charge in [-0.25, -0.2) is 4.98 Å². The summed E-state index contributed by atoms with van der Waals surface area (Å²) in [7, 11) is 3.59. The summed E-state index contributed by atoms with van der Waals surface area (Å²) in [5.41, 5.74) is 3.02. The Labute approximate surface area is 128 Å². The SMILES string of the molecule is COc1ccc2nc(C(C)Cl)n(Cc3ccnn3C)c2c1. The molecule has 3 rings (SSSR count). The Morgan fingerprint density at radius 1 is 1.33 bits per heavy atom. The van der Waals surface area contributed by atoms with Crippen LogP contribution in [0, 0.1) is 0 Å². The number of aryl methyl sites for hydroxylation is 1. The highest BCUT2D eigenvalue weighted by atomic mass is 35.5. The molecule has 110 valence electrons. The highest BCUT2D eigenvalue weighted by Gasteiger charge is 2.16. The van der Waals surface area contributed by atoms with Gasteiger partial charge in [0.15, 0.2) is 0 Å². The summed E-state index contributed by atoms with van der Waals surface area (Å²) >= 11 is 6.30. The fourth-order valence-electron chi connectivity index (χ4n) is 2.44. The lowest BCUT2D eigenvalue weighted by atomic mass is 10.3. The van der Waals surface area contributed by atoms with Crippen molar-refractivity contribution in [3.63, 3.8) is 0 Å². The van der Waals surface area contributed by atoms with Crippen LogP contribution in [-0.2, 0) is 13.6 Å². The van der Waals surface area contributed by atoms with Crippen molar-refractivity contribution in [2.45, 2.75) is 18.8 Å². The standard InChI is InChI=1S/C15H17ClN4O/c1-10(16)15-18-13-5-4-12(21-3)8-14(13)20(15)9-11-6-7-17-19(11)2/h4-8,10H,9H2,1-3H3. The molecular formula is C15H17ClN4O. The van der Waals surface area contributed by atoms with Gasteiger partial charge in [0.1, 0.15) is 11.6 Å². The Bertz CT molecular complexity index is 775. The number of hydrogen-bond acceptors (Lipinski definition) is 3. The zero-order valence-electron chi connectivity index (χ0n) is 12.2. The second-order valence-corrected chi connectivity index (χ2v) is 5.63. The van der Waals surface area contributed by atoms with Gasteiger partial charge in [0.2, 0.25) is 0 Å². The first-order valence-electron chi connectivity index (χ1n) is 6.75. The van der Waals surface area contributed by atoms with Crippen LogP contribution in [0.15, 0.2) is 30.5 Å². The van der Waals surface area contributed by atoms with Gasteiger partial charge < -0.3 is 9.30 Å². The van der Waals surface area contributed by atoms with Gasteiger partial charge in [0.25, 0.3) is 0 Å². The molecule has 0 aliphatic carbocycles.